The molecule has 0 radical (unpaired) electrons. The summed E-state index contributed by atoms with van der Waals surface area (Å²) >= 11 is 5.13. The minimum Gasteiger partial charge on any atom is -0.237 e. The number of hydrogen-bond acceptors (Lipinski definition) is 0. The third-order valence-corrected chi connectivity index (χ3v) is 6.61. The zero-order valence-corrected chi connectivity index (χ0v) is 17.0. The van der Waals surface area contributed by atoms with E-state index in [4.69, 9.17) is 0 Å². The number of rotatable bonds is 2. The van der Waals surface area contributed by atoms with Gasteiger partial charge in [-0.05, 0) is 31.9 Å². The van der Waals surface area contributed by atoms with E-state index in [2.05, 4.69) is 0 Å². The molecule has 2 aliphatic rings. The van der Waals surface area contributed by atoms with Gasteiger partial charge in [0.2, 0.25) is 11.1 Å². The van der Waals surface area contributed by atoms with E-state index in [1.54, 1.807) is 0 Å². The Hall–Kier alpha value is -0.375. The van der Waals surface area contributed by atoms with Crippen molar-refractivity contribution in [3.63, 3.8) is 0 Å². The molecule has 0 aliphatic heterocycles. The summed E-state index contributed by atoms with van der Waals surface area (Å²) in [7, 11) is 0. The van der Waals surface area contributed by atoms with Crippen molar-refractivity contribution in [3.8, 4) is 0 Å². The second-order valence-electron chi connectivity index (χ2n) is 5.45. The van der Waals surface area contributed by atoms with Crippen LogP contribution in [0.2, 0.25) is 0 Å². The average Bonchev–Trinajstić information content (AvgIpc) is 2.64. The quantitative estimate of drug-likeness (QED) is 0.220. The Kier molecular flexibility index (Phi) is 5.82. The Bertz CT molecular complexity index is 807. The summed E-state index contributed by atoms with van der Waals surface area (Å²) in [5, 5.41) is 0. The Morgan fingerprint density at radius 2 is 0.786 bits per heavy atom. The monoisotopic (exact) mass is 620 g/mol. The van der Waals surface area contributed by atoms with Gasteiger partial charge in [0.25, 0.3) is 0 Å². The molecule has 0 nitrogen and oxygen atoms in total. The van der Waals surface area contributed by atoms with Gasteiger partial charge in [-0.1, -0.05) is 0 Å². The fourth-order valence-corrected chi connectivity index (χ4v) is 4.21. The van der Waals surface area contributed by atoms with E-state index in [0.717, 1.165) is 0 Å². The van der Waals surface area contributed by atoms with Crippen LogP contribution in [0.1, 0.15) is 0 Å². The smallest absolute Gasteiger partial charge is 0.237 e. The van der Waals surface area contributed by atoms with Crippen LogP contribution in [0, 0.1) is 0 Å². The summed E-state index contributed by atoms with van der Waals surface area (Å²) in [6, 6.07) is 0. The molecule has 0 amide bonds. The van der Waals surface area contributed by atoms with Gasteiger partial charge in [-0.15, -0.1) is 15.8 Å². The van der Waals surface area contributed by atoms with Crippen molar-refractivity contribution in [2.24, 2.45) is 0 Å². The maximum atomic E-state index is 14.9. The van der Waals surface area contributed by atoms with Crippen molar-refractivity contribution < 1.29 is 52.7 Å². The molecule has 0 spiro atoms. The van der Waals surface area contributed by atoms with Gasteiger partial charge < -0.3 is 0 Å². The van der Waals surface area contributed by atoms with Gasteiger partial charge >= 0.3 is 17.4 Å². The lowest BCUT2D eigenvalue weighted by atomic mass is 9.44. The molecule has 2 aliphatic carbocycles. The first-order chi connectivity index (χ1) is 12.4. The van der Waals surface area contributed by atoms with Gasteiger partial charge in [-0.3, -0.25) is 0 Å². The first kappa shape index (κ1) is 23.9. The predicted octanol–water partition coefficient (Wildman–Crippen LogP) is 7.62. The number of hydrogen-bond donors (Lipinski definition) is 0. The molecule has 0 aromatic rings. The van der Waals surface area contributed by atoms with Crippen LogP contribution in [0.4, 0.5) is 52.7 Å². The van der Waals surface area contributed by atoms with Crippen LogP contribution in [0.3, 0.4) is 0 Å². The molecule has 156 valence electrons. The van der Waals surface area contributed by atoms with Gasteiger partial charge in [0, 0.05) is 0 Å². The Morgan fingerprint density at radius 3 is 1.04 bits per heavy atom. The number of allylic oxidation sites excluding steroid dienone is 8. The summed E-state index contributed by atoms with van der Waals surface area (Å²) in [6.07, 6.45) is 0. The molecular formula is C12BBr3F12. The molecule has 0 saturated carbocycles. The zero-order valence-electron chi connectivity index (χ0n) is 12.2. The van der Waals surface area contributed by atoms with Crippen molar-refractivity contribution >= 4 is 53.2 Å². The molecular weight excluding hydrogens is 623 g/mol. The Morgan fingerprint density at radius 1 is 0.536 bits per heavy atom. The lowest BCUT2D eigenvalue weighted by Crippen LogP contribution is -2.69. The summed E-state index contributed by atoms with van der Waals surface area (Å²) in [5.41, 5.74) is -15.7. The maximum absolute atomic E-state index is 14.9. The fourth-order valence-electron chi connectivity index (χ4n) is 2.39. The van der Waals surface area contributed by atoms with Crippen LogP contribution in [0.25, 0.3) is 0 Å². The number of halogens is 15. The highest BCUT2D eigenvalue weighted by Gasteiger charge is 2.82. The van der Waals surface area contributed by atoms with Crippen molar-refractivity contribution in [2.45, 2.75) is 23.0 Å². The van der Waals surface area contributed by atoms with E-state index < -0.39 is 72.4 Å². The first-order valence-electron chi connectivity index (χ1n) is 6.44. The summed E-state index contributed by atoms with van der Waals surface area (Å²) < 4.78 is 165. The van der Waals surface area contributed by atoms with Crippen LogP contribution < -0.4 is 0 Å². The molecule has 0 aromatic carbocycles. The second-order valence-corrected chi connectivity index (χ2v) is 7.95. The van der Waals surface area contributed by atoms with E-state index in [9.17, 15) is 52.7 Å². The second kappa shape index (κ2) is 6.82. The topological polar surface area (TPSA) is 0 Å². The molecule has 28 heavy (non-hydrogen) atoms. The van der Waals surface area contributed by atoms with Gasteiger partial charge in [-0.2, -0.15) is 17.6 Å². The first-order valence-corrected chi connectivity index (χ1v) is 8.94. The zero-order chi connectivity index (χ0) is 22.2. The molecule has 0 N–H and O–H groups in total. The maximum Gasteiger partial charge on any atom is 0.342 e. The lowest BCUT2D eigenvalue weighted by molar-refractivity contribution is -0.101. The predicted molar refractivity (Wildman–Crippen MR) is 84.9 cm³/mol. The molecule has 2 atom stereocenters. The summed E-state index contributed by atoms with van der Waals surface area (Å²) in [6.45, 7) is 0. The SMILES string of the molecule is FC1=C(F)C(F)(B(Br)C2(F)C(F)=C(F)C(Br)=C(F)C2(F)F)C(F)(F)C(F)=C1Br. The molecule has 2 unspecified atom stereocenters. The van der Waals surface area contributed by atoms with Crippen molar-refractivity contribution in [2.75, 3.05) is 0 Å². The van der Waals surface area contributed by atoms with E-state index in [0.29, 0.717) is 0 Å². The van der Waals surface area contributed by atoms with E-state index in [1.807, 2.05) is 31.9 Å². The van der Waals surface area contributed by atoms with Crippen LogP contribution in [-0.4, -0.2) is 28.5 Å². The van der Waals surface area contributed by atoms with Crippen LogP contribution in [0.15, 0.2) is 43.9 Å². The third-order valence-electron chi connectivity index (χ3n) is 3.96. The molecule has 2 rings (SSSR count). The Labute approximate surface area is 172 Å². The lowest BCUT2D eigenvalue weighted by Gasteiger charge is -2.43. The highest BCUT2D eigenvalue weighted by molar-refractivity contribution is 9.24. The average molecular weight is 623 g/mol. The standard InChI is InChI=1S/C12BBr3F12/c14-1-3(17)7(21)9(23,11(25,26)5(1)19)13(16)10(24)8(22)4(18)2(15)6(20)12(10,27)28. The normalized spacial score (nSPS) is 33.1. The molecule has 0 aromatic heterocycles. The van der Waals surface area contributed by atoms with E-state index in [1.165, 1.54) is 15.8 Å². The van der Waals surface area contributed by atoms with Gasteiger partial charge in [-0.25, -0.2) is 35.1 Å². The Balaban J connectivity index is 2.86. The van der Waals surface area contributed by atoms with E-state index in [-0.39, 0.29) is 0 Å². The number of alkyl halides is 6. The van der Waals surface area contributed by atoms with Crippen LogP contribution in [-0.2, 0) is 0 Å². The van der Waals surface area contributed by atoms with Crippen molar-refractivity contribution in [3.05, 3.63) is 43.9 Å². The van der Waals surface area contributed by atoms with Gasteiger partial charge in [0.05, 0.1) is 8.96 Å². The van der Waals surface area contributed by atoms with Gasteiger partial charge in [0.1, 0.15) is 0 Å². The summed E-state index contributed by atoms with van der Waals surface area (Å²) in [5.74, 6) is -30.2. The minimum absolute atomic E-state index is 1.49. The van der Waals surface area contributed by atoms with Crippen molar-refractivity contribution in [1.29, 1.82) is 0 Å². The largest absolute Gasteiger partial charge is 0.342 e. The molecule has 0 bridgehead atoms. The summed E-state index contributed by atoms with van der Waals surface area (Å²) in [4.78, 5) is 0. The molecule has 0 heterocycles. The molecule has 0 saturated heterocycles. The highest BCUT2D eigenvalue weighted by atomic mass is 79.9. The fraction of sp³-hybridized carbons (Fsp3) is 0.333. The van der Waals surface area contributed by atoms with Crippen LogP contribution in [0.5, 0.6) is 0 Å². The van der Waals surface area contributed by atoms with Gasteiger partial charge in [0.15, 0.2) is 35.0 Å². The minimum atomic E-state index is -5.92. The van der Waals surface area contributed by atoms with Crippen molar-refractivity contribution in [1.82, 2.24) is 0 Å². The van der Waals surface area contributed by atoms with E-state index >= 15 is 0 Å². The molecule has 0 fully saturated rings. The van der Waals surface area contributed by atoms with Crippen LogP contribution >= 0.6 is 47.6 Å². The third kappa shape index (κ3) is 2.58. The highest BCUT2D eigenvalue weighted by Crippen LogP contribution is 2.62. The molecule has 16 heteroatoms.